The zero-order chi connectivity index (χ0) is 18.4. The van der Waals surface area contributed by atoms with E-state index in [2.05, 4.69) is 4.90 Å². The normalized spacial score (nSPS) is 21.3. The summed E-state index contributed by atoms with van der Waals surface area (Å²) < 4.78 is 10.6. The van der Waals surface area contributed by atoms with Gasteiger partial charge in [-0.3, -0.25) is 4.79 Å². The van der Waals surface area contributed by atoms with Gasteiger partial charge in [0.25, 0.3) is 0 Å². The summed E-state index contributed by atoms with van der Waals surface area (Å²) >= 11 is 0. The Morgan fingerprint density at radius 2 is 1.85 bits per heavy atom. The number of methoxy groups -OCH3 is 2. The predicted octanol–water partition coefficient (Wildman–Crippen LogP) is 3.19. The molecule has 26 heavy (non-hydrogen) atoms. The lowest BCUT2D eigenvalue weighted by Crippen LogP contribution is -2.44. The second kappa shape index (κ2) is 9.08. The zero-order valence-electron chi connectivity index (χ0n) is 15.9. The highest BCUT2D eigenvalue weighted by Crippen LogP contribution is 2.28. The number of benzene rings is 1. The molecule has 2 aliphatic rings. The van der Waals surface area contributed by atoms with Crippen molar-refractivity contribution in [3.8, 4) is 11.5 Å². The first-order chi connectivity index (χ1) is 12.7. The predicted molar refractivity (Wildman–Crippen MR) is 104 cm³/mol. The summed E-state index contributed by atoms with van der Waals surface area (Å²) in [7, 11) is 3.23. The van der Waals surface area contributed by atoms with Crippen molar-refractivity contribution in [2.45, 2.75) is 38.1 Å². The number of hydrogen-bond acceptors (Lipinski definition) is 4. The molecule has 0 unspecified atom stereocenters. The molecule has 2 saturated heterocycles. The first-order valence-corrected chi connectivity index (χ1v) is 9.64. The van der Waals surface area contributed by atoms with Gasteiger partial charge < -0.3 is 19.3 Å². The van der Waals surface area contributed by atoms with Crippen LogP contribution < -0.4 is 9.47 Å². The van der Waals surface area contributed by atoms with Crippen molar-refractivity contribution in [1.29, 1.82) is 0 Å². The Kier molecular flexibility index (Phi) is 6.56. The molecule has 2 aliphatic heterocycles. The molecular formula is C21H30N2O3. The van der Waals surface area contributed by atoms with Gasteiger partial charge in [0.1, 0.15) is 0 Å². The third-order valence-corrected chi connectivity index (χ3v) is 5.40. The summed E-state index contributed by atoms with van der Waals surface area (Å²) in [6, 6.07) is 6.03. The molecule has 0 radical (unpaired) electrons. The molecule has 1 aromatic carbocycles. The first-order valence-electron chi connectivity index (χ1n) is 9.64. The number of piperidine rings is 1. The van der Waals surface area contributed by atoms with Crippen LogP contribution in [0.4, 0.5) is 0 Å². The molecule has 2 heterocycles. The molecule has 1 amide bonds. The maximum absolute atomic E-state index is 12.7. The van der Waals surface area contributed by atoms with Crippen LogP contribution in [-0.4, -0.2) is 62.1 Å². The minimum atomic E-state index is 0.110. The first kappa shape index (κ1) is 18.8. The van der Waals surface area contributed by atoms with Crippen LogP contribution in [0.2, 0.25) is 0 Å². The van der Waals surface area contributed by atoms with Gasteiger partial charge in [-0.05, 0) is 62.5 Å². The van der Waals surface area contributed by atoms with E-state index in [9.17, 15) is 4.79 Å². The maximum atomic E-state index is 12.7. The van der Waals surface area contributed by atoms with Crippen molar-refractivity contribution >= 4 is 12.0 Å². The van der Waals surface area contributed by atoms with Crippen LogP contribution in [-0.2, 0) is 4.79 Å². The number of likely N-dealkylation sites (tertiary alicyclic amines) is 2. The quantitative estimate of drug-likeness (QED) is 0.733. The van der Waals surface area contributed by atoms with Crippen molar-refractivity contribution in [3.05, 3.63) is 29.8 Å². The summed E-state index contributed by atoms with van der Waals surface area (Å²) in [5, 5.41) is 0. The Hall–Kier alpha value is -2.01. The SMILES string of the molecule is COc1ccc(/C=C/C(=O)N2CCC[C@H]2CN2CCCCC2)cc1OC. The molecule has 0 aromatic heterocycles. The molecule has 0 saturated carbocycles. The van der Waals surface area contributed by atoms with Crippen LogP contribution in [0.25, 0.3) is 6.08 Å². The van der Waals surface area contributed by atoms with Crippen molar-refractivity contribution < 1.29 is 14.3 Å². The molecule has 2 fully saturated rings. The van der Waals surface area contributed by atoms with E-state index < -0.39 is 0 Å². The smallest absolute Gasteiger partial charge is 0.246 e. The maximum Gasteiger partial charge on any atom is 0.246 e. The van der Waals surface area contributed by atoms with Gasteiger partial charge in [-0.25, -0.2) is 0 Å². The molecule has 0 spiro atoms. The van der Waals surface area contributed by atoms with E-state index in [-0.39, 0.29) is 5.91 Å². The number of carbonyl (C=O) groups excluding carboxylic acids is 1. The molecule has 0 aliphatic carbocycles. The number of ether oxygens (including phenoxy) is 2. The molecule has 5 nitrogen and oxygen atoms in total. The fourth-order valence-corrected chi connectivity index (χ4v) is 3.98. The Balaban J connectivity index is 1.61. The summed E-state index contributed by atoms with van der Waals surface area (Å²) in [5.74, 6) is 1.47. The third-order valence-electron chi connectivity index (χ3n) is 5.40. The standard InChI is InChI=1S/C21H30N2O3/c1-25-19-10-8-17(15-20(19)26-2)9-11-21(24)23-14-6-7-18(23)16-22-12-4-3-5-13-22/h8-11,15,18H,3-7,12-14,16H2,1-2H3/b11-9+/t18-/m0/s1. The van der Waals surface area contributed by atoms with Gasteiger partial charge in [-0.15, -0.1) is 0 Å². The molecule has 3 rings (SSSR count). The van der Waals surface area contributed by atoms with Gasteiger partial charge in [-0.2, -0.15) is 0 Å². The highest BCUT2D eigenvalue weighted by molar-refractivity contribution is 5.92. The summed E-state index contributed by atoms with van der Waals surface area (Å²) in [4.78, 5) is 17.3. The second-order valence-electron chi connectivity index (χ2n) is 7.14. The minimum Gasteiger partial charge on any atom is -0.493 e. The van der Waals surface area contributed by atoms with E-state index >= 15 is 0 Å². The molecule has 0 bridgehead atoms. The van der Waals surface area contributed by atoms with E-state index in [1.54, 1.807) is 20.3 Å². The summed E-state index contributed by atoms with van der Waals surface area (Å²) in [6.07, 6.45) is 9.70. The van der Waals surface area contributed by atoms with Gasteiger partial charge in [-0.1, -0.05) is 12.5 Å². The number of rotatable bonds is 6. The number of nitrogens with zero attached hydrogens (tertiary/aromatic N) is 2. The average Bonchev–Trinajstić information content (AvgIpc) is 3.14. The van der Waals surface area contributed by atoms with Crippen LogP contribution in [0, 0.1) is 0 Å². The van der Waals surface area contributed by atoms with Gasteiger partial charge in [0.2, 0.25) is 5.91 Å². The van der Waals surface area contributed by atoms with Gasteiger partial charge in [0.05, 0.1) is 14.2 Å². The molecular weight excluding hydrogens is 328 g/mol. The van der Waals surface area contributed by atoms with E-state index in [0.29, 0.717) is 17.5 Å². The van der Waals surface area contributed by atoms with Gasteiger partial charge >= 0.3 is 0 Å². The van der Waals surface area contributed by atoms with Crippen LogP contribution in [0.1, 0.15) is 37.7 Å². The van der Waals surface area contributed by atoms with Crippen LogP contribution >= 0.6 is 0 Å². The Labute approximate surface area is 156 Å². The van der Waals surface area contributed by atoms with Gasteiger partial charge in [0, 0.05) is 25.2 Å². The van der Waals surface area contributed by atoms with E-state index in [4.69, 9.17) is 9.47 Å². The van der Waals surface area contributed by atoms with Crippen molar-refractivity contribution in [3.63, 3.8) is 0 Å². The molecule has 1 aromatic rings. The average molecular weight is 358 g/mol. The van der Waals surface area contributed by atoms with E-state index in [1.807, 2.05) is 29.2 Å². The lowest BCUT2D eigenvalue weighted by atomic mass is 10.1. The monoisotopic (exact) mass is 358 g/mol. The number of carbonyl (C=O) groups is 1. The Morgan fingerprint density at radius 3 is 2.58 bits per heavy atom. The van der Waals surface area contributed by atoms with E-state index in [0.717, 1.165) is 31.5 Å². The van der Waals surface area contributed by atoms with Gasteiger partial charge in [0.15, 0.2) is 11.5 Å². The Morgan fingerprint density at radius 1 is 1.08 bits per heavy atom. The molecule has 5 heteroatoms. The van der Waals surface area contributed by atoms with Crippen LogP contribution in [0.15, 0.2) is 24.3 Å². The molecule has 1 atom stereocenters. The fourth-order valence-electron chi connectivity index (χ4n) is 3.98. The van der Waals surface area contributed by atoms with Crippen LogP contribution in [0.3, 0.4) is 0 Å². The fraction of sp³-hybridized carbons (Fsp3) is 0.571. The number of amides is 1. The number of hydrogen-bond donors (Lipinski definition) is 0. The zero-order valence-corrected chi connectivity index (χ0v) is 15.9. The molecule has 142 valence electrons. The Bertz CT molecular complexity index is 638. The third kappa shape index (κ3) is 4.58. The lowest BCUT2D eigenvalue weighted by molar-refractivity contribution is -0.127. The van der Waals surface area contributed by atoms with Crippen molar-refractivity contribution in [2.75, 3.05) is 40.4 Å². The lowest BCUT2D eigenvalue weighted by Gasteiger charge is -2.32. The van der Waals surface area contributed by atoms with Crippen molar-refractivity contribution in [2.24, 2.45) is 0 Å². The topological polar surface area (TPSA) is 42.0 Å². The van der Waals surface area contributed by atoms with E-state index in [1.165, 1.54) is 32.4 Å². The highest BCUT2D eigenvalue weighted by atomic mass is 16.5. The van der Waals surface area contributed by atoms with Crippen LogP contribution in [0.5, 0.6) is 11.5 Å². The largest absolute Gasteiger partial charge is 0.493 e. The highest BCUT2D eigenvalue weighted by Gasteiger charge is 2.29. The van der Waals surface area contributed by atoms with Crippen molar-refractivity contribution in [1.82, 2.24) is 9.80 Å². The summed E-state index contributed by atoms with van der Waals surface area (Å²) in [5.41, 5.74) is 0.933. The summed E-state index contributed by atoms with van der Waals surface area (Å²) in [6.45, 7) is 4.25. The second-order valence-corrected chi connectivity index (χ2v) is 7.14. The molecule has 0 N–H and O–H groups in total. The minimum absolute atomic E-state index is 0.110.